The second-order valence-electron chi connectivity index (χ2n) is 3.81. The van der Waals surface area contributed by atoms with E-state index in [1.165, 1.54) is 0 Å². The highest BCUT2D eigenvalue weighted by molar-refractivity contribution is 6.35. The lowest BCUT2D eigenvalue weighted by atomic mass is 10.0. The molecule has 2 rings (SSSR count). The maximum Gasteiger partial charge on any atom is 0.244 e. The average Bonchev–Trinajstić information content (AvgIpc) is 2.23. The molecule has 1 saturated heterocycles. The number of nitrogens with zero attached hydrogens (tertiary/aromatic N) is 1. The third-order valence-electron chi connectivity index (χ3n) is 2.69. The number of halogens is 2. The zero-order valence-corrected chi connectivity index (χ0v) is 10.3. The summed E-state index contributed by atoms with van der Waals surface area (Å²) < 4.78 is 0. The molecule has 1 aliphatic heterocycles. The van der Waals surface area contributed by atoms with Gasteiger partial charge < -0.3 is 10.2 Å². The maximum atomic E-state index is 11.9. The van der Waals surface area contributed by atoms with Gasteiger partial charge in [0.05, 0.1) is 0 Å². The molecule has 5 heteroatoms. The van der Waals surface area contributed by atoms with Gasteiger partial charge in [0.1, 0.15) is 6.04 Å². The van der Waals surface area contributed by atoms with Crippen molar-refractivity contribution in [1.82, 2.24) is 10.2 Å². The van der Waals surface area contributed by atoms with Gasteiger partial charge >= 0.3 is 0 Å². The first-order valence-corrected chi connectivity index (χ1v) is 5.78. The van der Waals surface area contributed by atoms with E-state index in [4.69, 9.17) is 23.2 Å². The van der Waals surface area contributed by atoms with Gasteiger partial charge in [-0.25, -0.2) is 0 Å². The van der Waals surface area contributed by atoms with E-state index in [1.54, 1.807) is 30.1 Å². The lowest BCUT2D eigenvalue weighted by molar-refractivity contribution is -0.134. The highest BCUT2D eigenvalue weighted by Gasteiger charge is 2.28. The van der Waals surface area contributed by atoms with Crippen LogP contribution in [0.2, 0.25) is 10.0 Å². The Morgan fingerprint density at radius 1 is 1.44 bits per heavy atom. The van der Waals surface area contributed by atoms with Crippen LogP contribution in [-0.4, -0.2) is 30.9 Å². The lowest BCUT2D eigenvalue weighted by Gasteiger charge is -2.31. The van der Waals surface area contributed by atoms with Gasteiger partial charge in [-0.2, -0.15) is 0 Å². The number of hydrogen-bond donors (Lipinski definition) is 1. The number of nitrogens with one attached hydrogen (secondary N) is 1. The summed E-state index contributed by atoms with van der Waals surface area (Å²) in [6, 6.07) is 4.83. The zero-order valence-electron chi connectivity index (χ0n) is 8.84. The summed E-state index contributed by atoms with van der Waals surface area (Å²) in [5.41, 5.74) is 0.780. The number of amides is 1. The molecule has 0 aliphatic carbocycles. The van der Waals surface area contributed by atoms with Gasteiger partial charge in [0.25, 0.3) is 0 Å². The van der Waals surface area contributed by atoms with Crippen molar-refractivity contribution in [3.63, 3.8) is 0 Å². The van der Waals surface area contributed by atoms with Gasteiger partial charge in [-0.3, -0.25) is 4.79 Å². The molecule has 86 valence electrons. The fourth-order valence-corrected chi connectivity index (χ4v) is 2.29. The van der Waals surface area contributed by atoms with Crippen LogP contribution in [0.25, 0.3) is 0 Å². The molecular formula is C11H12Cl2N2O. The van der Waals surface area contributed by atoms with Crippen molar-refractivity contribution in [3.05, 3.63) is 33.8 Å². The largest absolute Gasteiger partial charge is 0.343 e. The molecule has 0 radical (unpaired) electrons. The van der Waals surface area contributed by atoms with Crippen LogP contribution in [-0.2, 0) is 4.79 Å². The smallest absolute Gasteiger partial charge is 0.244 e. The Labute approximate surface area is 104 Å². The van der Waals surface area contributed by atoms with Crippen LogP contribution >= 0.6 is 23.2 Å². The fraction of sp³-hybridized carbons (Fsp3) is 0.364. The Bertz CT molecular complexity index is 422. The van der Waals surface area contributed by atoms with Gasteiger partial charge in [-0.1, -0.05) is 29.3 Å². The van der Waals surface area contributed by atoms with E-state index in [0.717, 1.165) is 18.7 Å². The maximum absolute atomic E-state index is 11.9. The molecule has 3 nitrogen and oxygen atoms in total. The monoisotopic (exact) mass is 258 g/mol. The number of benzene rings is 1. The molecular weight excluding hydrogens is 247 g/mol. The molecule has 1 fully saturated rings. The highest BCUT2D eigenvalue weighted by Crippen LogP contribution is 2.28. The topological polar surface area (TPSA) is 32.3 Å². The molecule has 1 N–H and O–H groups in total. The summed E-state index contributed by atoms with van der Waals surface area (Å²) in [7, 11) is 1.79. The first-order valence-electron chi connectivity index (χ1n) is 5.03. The predicted molar refractivity (Wildman–Crippen MR) is 64.8 cm³/mol. The van der Waals surface area contributed by atoms with Crippen molar-refractivity contribution in [2.24, 2.45) is 0 Å². The molecule has 1 heterocycles. The van der Waals surface area contributed by atoms with E-state index in [2.05, 4.69) is 5.32 Å². The molecule has 1 atom stereocenters. The van der Waals surface area contributed by atoms with Crippen LogP contribution in [0.3, 0.4) is 0 Å². The predicted octanol–water partition coefficient (Wildman–Crippen LogP) is 2.10. The number of hydrogen-bond acceptors (Lipinski definition) is 2. The Morgan fingerprint density at radius 3 is 2.88 bits per heavy atom. The minimum Gasteiger partial charge on any atom is -0.343 e. The summed E-state index contributed by atoms with van der Waals surface area (Å²) in [6.45, 7) is 1.49. The van der Waals surface area contributed by atoms with E-state index in [9.17, 15) is 4.79 Å². The van der Waals surface area contributed by atoms with E-state index in [0.29, 0.717) is 10.0 Å². The third-order valence-corrected chi connectivity index (χ3v) is 3.25. The molecule has 1 aromatic carbocycles. The summed E-state index contributed by atoms with van der Waals surface area (Å²) in [5.74, 6) is 0.0375. The number of rotatable bonds is 1. The van der Waals surface area contributed by atoms with Gasteiger partial charge in [0.15, 0.2) is 0 Å². The zero-order chi connectivity index (χ0) is 11.7. The van der Waals surface area contributed by atoms with Gasteiger partial charge in [-0.15, -0.1) is 0 Å². The Morgan fingerprint density at radius 2 is 2.19 bits per heavy atom. The molecule has 0 saturated carbocycles. The molecule has 1 unspecified atom stereocenters. The van der Waals surface area contributed by atoms with E-state index < -0.39 is 0 Å². The van der Waals surface area contributed by atoms with Crippen LogP contribution < -0.4 is 5.32 Å². The van der Waals surface area contributed by atoms with Crippen molar-refractivity contribution >= 4 is 29.1 Å². The minimum atomic E-state index is -0.358. The van der Waals surface area contributed by atoms with Gasteiger partial charge in [0.2, 0.25) is 5.91 Å². The number of carbonyl (C=O) groups excluding carboxylic acids is 1. The first-order chi connectivity index (χ1) is 7.59. The number of carbonyl (C=O) groups is 1. The van der Waals surface area contributed by atoms with E-state index >= 15 is 0 Å². The van der Waals surface area contributed by atoms with Crippen molar-refractivity contribution in [3.8, 4) is 0 Å². The van der Waals surface area contributed by atoms with E-state index in [1.807, 2.05) is 0 Å². The Hall–Kier alpha value is -0.770. The quantitative estimate of drug-likeness (QED) is 0.837. The number of likely N-dealkylation sites (N-methyl/N-ethyl adjacent to an activating group) is 1. The van der Waals surface area contributed by atoms with Crippen LogP contribution in [0, 0.1) is 0 Å². The molecule has 1 aliphatic rings. The summed E-state index contributed by atoms with van der Waals surface area (Å²) in [5, 5.41) is 4.25. The van der Waals surface area contributed by atoms with Gasteiger partial charge in [-0.05, 0) is 17.7 Å². The van der Waals surface area contributed by atoms with Crippen LogP contribution in [0.4, 0.5) is 0 Å². The third kappa shape index (κ3) is 2.17. The first kappa shape index (κ1) is 11.7. The molecule has 16 heavy (non-hydrogen) atoms. The molecule has 0 spiro atoms. The molecule has 0 aromatic heterocycles. The lowest BCUT2D eigenvalue weighted by Crippen LogP contribution is -2.48. The summed E-state index contributed by atoms with van der Waals surface area (Å²) in [6.07, 6.45) is 0. The van der Waals surface area contributed by atoms with Crippen molar-refractivity contribution < 1.29 is 4.79 Å². The molecule has 1 amide bonds. The SMILES string of the molecule is CN1CCNC(c2ccc(Cl)cc2Cl)C1=O. The van der Waals surface area contributed by atoms with Crippen LogP contribution in [0.15, 0.2) is 18.2 Å². The highest BCUT2D eigenvalue weighted by atomic mass is 35.5. The molecule has 0 bridgehead atoms. The second kappa shape index (κ2) is 4.62. The van der Waals surface area contributed by atoms with Gasteiger partial charge in [0, 0.05) is 30.2 Å². The summed E-state index contributed by atoms with van der Waals surface area (Å²) >= 11 is 11.9. The van der Waals surface area contributed by atoms with Crippen molar-refractivity contribution in [1.29, 1.82) is 0 Å². The normalized spacial score (nSPS) is 21.3. The standard InChI is InChI=1S/C11H12Cl2N2O/c1-15-5-4-14-10(11(15)16)8-3-2-7(12)6-9(8)13/h2-3,6,10,14H,4-5H2,1H3. The second-order valence-corrected chi connectivity index (χ2v) is 4.66. The van der Waals surface area contributed by atoms with Crippen molar-refractivity contribution in [2.75, 3.05) is 20.1 Å². The van der Waals surface area contributed by atoms with E-state index in [-0.39, 0.29) is 11.9 Å². The number of piperazine rings is 1. The molecule has 1 aromatic rings. The Balaban J connectivity index is 2.32. The van der Waals surface area contributed by atoms with Crippen molar-refractivity contribution in [2.45, 2.75) is 6.04 Å². The minimum absolute atomic E-state index is 0.0375. The summed E-state index contributed by atoms with van der Waals surface area (Å²) in [4.78, 5) is 13.6. The Kier molecular flexibility index (Phi) is 3.38. The van der Waals surface area contributed by atoms with Crippen LogP contribution in [0.5, 0.6) is 0 Å². The van der Waals surface area contributed by atoms with Crippen LogP contribution in [0.1, 0.15) is 11.6 Å². The average molecular weight is 259 g/mol. The fourth-order valence-electron chi connectivity index (χ4n) is 1.77.